The molecule has 0 bridgehead atoms. The predicted molar refractivity (Wildman–Crippen MR) is 82.3 cm³/mol. The van der Waals surface area contributed by atoms with Crippen molar-refractivity contribution in [2.45, 2.75) is 19.3 Å². The maximum atomic E-state index is 11.9. The molecule has 0 aromatic heterocycles. The number of benzene rings is 1. The van der Waals surface area contributed by atoms with E-state index in [0.717, 1.165) is 24.2 Å². The molecule has 5 heteroatoms. The molecule has 2 N–H and O–H groups in total. The highest BCUT2D eigenvalue weighted by Crippen LogP contribution is 2.22. The van der Waals surface area contributed by atoms with Crippen molar-refractivity contribution in [3.05, 3.63) is 36.4 Å². The SMILES string of the molecule is O=C(CC1C=CCC1)Nc1ccc(N2CCNC2=O)cc1. The number of anilines is 2. The molecule has 1 aromatic carbocycles. The third-order valence-electron chi connectivity index (χ3n) is 3.88. The summed E-state index contributed by atoms with van der Waals surface area (Å²) in [7, 11) is 0. The summed E-state index contributed by atoms with van der Waals surface area (Å²) >= 11 is 0. The molecule has 2 aliphatic rings. The number of amides is 3. The maximum absolute atomic E-state index is 11.9. The van der Waals surface area contributed by atoms with Crippen molar-refractivity contribution in [3.63, 3.8) is 0 Å². The van der Waals surface area contributed by atoms with Crippen molar-refractivity contribution < 1.29 is 9.59 Å². The molecule has 3 rings (SSSR count). The van der Waals surface area contributed by atoms with E-state index in [1.807, 2.05) is 24.3 Å². The number of allylic oxidation sites excluding steroid dienone is 2. The second-order valence-corrected chi connectivity index (χ2v) is 5.45. The van der Waals surface area contributed by atoms with E-state index in [1.54, 1.807) is 4.90 Å². The van der Waals surface area contributed by atoms with Gasteiger partial charge in [-0.3, -0.25) is 9.69 Å². The average molecular weight is 285 g/mol. The lowest BCUT2D eigenvalue weighted by Crippen LogP contribution is -2.27. The van der Waals surface area contributed by atoms with Crippen molar-refractivity contribution in [1.82, 2.24) is 5.32 Å². The Morgan fingerprint density at radius 2 is 2.14 bits per heavy atom. The Morgan fingerprint density at radius 3 is 2.76 bits per heavy atom. The molecule has 110 valence electrons. The second kappa shape index (κ2) is 5.99. The number of carbonyl (C=O) groups excluding carboxylic acids is 2. The summed E-state index contributed by atoms with van der Waals surface area (Å²) in [6.45, 7) is 1.35. The molecule has 1 unspecified atom stereocenters. The third kappa shape index (κ3) is 3.24. The topological polar surface area (TPSA) is 61.4 Å². The van der Waals surface area contributed by atoms with Crippen LogP contribution in [-0.2, 0) is 4.79 Å². The van der Waals surface area contributed by atoms with Crippen LogP contribution in [-0.4, -0.2) is 25.0 Å². The van der Waals surface area contributed by atoms with E-state index in [-0.39, 0.29) is 11.9 Å². The molecule has 0 spiro atoms. The van der Waals surface area contributed by atoms with Gasteiger partial charge in [-0.2, -0.15) is 0 Å². The van der Waals surface area contributed by atoms with Crippen LogP contribution in [0, 0.1) is 5.92 Å². The van der Waals surface area contributed by atoms with Gasteiger partial charge in [0.1, 0.15) is 0 Å². The Labute approximate surface area is 124 Å². The molecule has 21 heavy (non-hydrogen) atoms. The van der Waals surface area contributed by atoms with Crippen LogP contribution in [0.5, 0.6) is 0 Å². The Kier molecular flexibility index (Phi) is 3.90. The molecule has 1 aliphatic carbocycles. The molecule has 1 saturated heterocycles. The maximum Gasteiger partial charge on any atom is 0.321 e. The summed E-state index contributed by atoms with van der Waals surface area (Å²) in [5.74, 6) is 0.413. The van der Waals surface area contributed by atoms with E-state index in [9.17, 15) is 9.59 Å². The van der Waals surface area contributed by atoms with Crippen molar-refractivity contribution in [1.29, 1.82) is 0 Å². The fourth-order valence-electron chi connectivity index (χ4n) is 2.76. The van der Waals surface area contributed by atoms with Crippen LogP contribution in [0.4, 0.5) is 16.2 Å². The smallest absolute Gasteiger partial charge is 0.321 e. The van der Waals surface area contributed by atoms with Crippen LogP contribution in [0.3, 0.4) is 0 Å². The number of nitrogens with zero attached hydrogens (tertiary/aromatic N) is 1. The molecular weight excluding hydrogens is 266 g/mol. The van der Waals surface area contributed by atoms with Gasteiger partial charge in [-0.25, -0.2) is 4.79 Å². The summed E-state index contributed by atoms with van der Waals surface area (Å²) in [4.78, 5) is 25.2. The number of rotatable bonds is 4. The van der Waals surface area contributed by atoms with Gasteiger partial charge in [-0.15, -0.1) is 0 Å². The Hall–Kier alpha value is -2.30. The minimum atomic E-state index is -0.0696. The fourth-order valence-corrected chi connectivity index (χ4v) is 2.76. The van der Waals surface area contributed by atoms with Gasteiger partial charge in [-0.05, 0) is 43.0 Å². The largest absolute Gasteiger partial charge is 0.336 e. The van der Waals surface area contributed by atoms with E-state index in [2.05, 4.69) is 22.8 Å². The van der Waals surface area contributed by atoms with Crippen LogP contribution in [0.1, 0.15) is 19.3 Å². The minimum Gasteiger partial charge on any atom is -0.336 e. The number of urea groups is 1. The minimum absolute atomic E-state index is 0.0400. The lowest BCUT2D eigenvalue weighted by molar-refractivity contribution is -0.116. The number of hydrogen-bond acceptors (Lipinski definition) is 2. The van der Waals surface area contributed by atoms with Gasteiger partial charge in [0.25, 0.3) is 0 Å². The standard InChI is InChI=1S/C16H19N3O2/c20-15(11-12-3-1-2-4-12)18-13-5-7-14(8-6-13)19-10-9-17-16(19)21/h1,3,5-8,12H,2,4,9-11H2,(H,17,21)(H,18,20). The van der Waals surface area contributed by atoms with Gasteiger partial charge < -0.3 is 10.6 Å². The molecule has 1 aliphatic heterocycles. The van der Waals surface area contributed by atoms with Crippen LogP contribution in [0.15, 0.2) is 36.4 Å². The zero-order chi connectivity index (χ0) is 14.7. The molecule has 1 aromatic rings. The van der Waals surface area contributed by atoms with Crippen molar-refractivity contribution in [3.8, 4) is 0 Å². The van der Waals surface area contributed by atoms with Gasteiger partial charge in [0.05, 0.1) is 0 Å². The highest BCUT2D eigenvalue weighted by atomic mass is 16.2. The third-order valence-corrected chi connectivity index (χ3v) is 3.88. The van der Waals surface area contributed by atoms with E-state index < -0.39 is 0 Å². The van der Waals surface area contributed by atoms with Crippen molar-refractivity contribution in [2.24, 2.45) is 5.92 Å². The summed E-state index contributed by atoms with van der Waals surface area (Å²) < 4.78 is 0. The van der Waals surface area contributed by atoms with Crippen molar-refractivity contribution >= 4 is 23.3 Å². The first kappa shape index (κ1) is 13.7. The van der Waals surface area contributed by atoms with E-state index in [0.29, 0.717) is 25.4 Å². The normalized spacial score (nSPS) is 20.7. The van der Waals surface area contributed by atoms with Crippen LogP contribution >= 0.6 is 0 Å². The Balaban J connectivity index is 1.57. The molecule has 5 nitrogen and oxygen atoms in total. The quantitative estimate of drug-likeness (QED) is 0.835. The highest BCUT2D eigenvalue weighted by Gasteiger charge is 2.21. The summed E-state index contributed by atoms with van der Waals surface area (Å²) in [6.07, 6.45) is 6.93. The van der Waals surface area contributed by atoms with Crippen molar-refractivity contribution in [2.75, 3.05) is 23.3 Å². The first-order valence-electron chi connectivity index (χ1n) is 7.34. The van der Waals surface area contributed by atoms with E-state index >= 15 is 0 Å². The lowest BCUT2D eigenvalue weighted by Gasteiger charge is -2.15. The monoisotopic (exact) mass is 285 g/mol. The van der Waals surface area contributed by atoms with Crippen LogP contribution in [0.25, 0.3) is 0 Å². The second-order valence-electron chi connectivity index (χ2n) is 5.45. The molecule has 0 saturated carbocycles. The summed E-state index contributed by atoms with van der Waals surface area (Å²) in [5.41, 5.74) is 1.62. The van der Waals surface area contributed by atoms with Gasteiger partial charge in [0.2, 0.25) is 5.91 Å². The molecule has 0 radical (unpaired) electrons. The lowest BCUT2D eigenvalue weighted by atomic mass is 10.1. The predicted octanol–water partition coefficient (Wildman–Crippen LogP) is 2.51. The van der Waals surface area contributed by atoms with Gasteiger partial charge in [0.15, 0.2) is 0 Å². The van der Waals surface area contributed by atoms with E-state index in [4.69, 9.17) is 0 Å². The molecule has 3 amide bonds. The zero-order valence-electron chi connectivity index (χ0n) is 11.8. The molecule has 1 atom stereocenters. The first-order valence-corrected chi connectivity index (χ1v) is 7.34. The Bertz CT molecular complexity index is 565. The first-order chi connectivity index (χ1) is 10.2. The van der Waals surface area contributed by atoms with Crippen LogP contribution < -0.4 is 15.5 Å². The fraction of sp³-hybridized carbons (Fsp3) is 0.375. The summed E-state index contributed by atoms with van der Waals surface area (Å²) in [5, 5.41) is 5.67. The number of nitrogens with one attached hydrogen (secondary N) is 2. The van der Waals surface area contributed by atoms with Crippen LogP contribution in [0.2, 0.25) is 0 Å². The Morgan fingerprint density at radius 1 is 1.33 bits per heavy atom. The molecule has 1 heterocycles. The van der Waals surface area contributed by atoms with Gasteiger partial charge >= 0.3 is 6.03 Å². The molecule has 1 fully saturated rings. The van der Waals surface area contributed by atoms with Gasteiger partial charge in [-0.1, -0.05) is 12.2 Å². The van der Waals surface area contributed by atoms with Gasteiger partial charge in [0, 0.05) is 30.9 Å². The summed E-state index contributed by atoms with van der Waals surface area (Å²) in [6, 6.07) is 7.32. The average Bonchev–Trinajstić information content (AvgIpc) is 3.11. The van der Waals surface area contributed by atoms with E-state index in [1.165, 1.54) is 0 Å². The number of hydrogen-bond donors (Lipinski definition) is 2. The number of carbonyl (C=O) groups is 2. The molecular formula is C16H19N3O2. The highest BCUT2D eigenvalue weighted by molar-refractivity contribution is 5.95. The zero-order valence-corrected chi connectivity index (χ0v) is 11.8.